The molecule has 0 unspecified atom stereocenters. The van der Waals surface area contributed by atoms with Crippen LogP contribution >= 0.6 is 0 Å². The highest BCUT2D eigenvalue weighted by Gasteiger charge is 2.31. The van der Waals surface area contributed by atoms with Crippen LogP contribution in [0.15, 0.2) is 156 Å². The van der Waals surface area contributed by atoms with Crippen molar-refractivity contribution in [1.29, 1.82) is 0 Å². The first-order chi connectivity index (χ1) is 41.3. The zero-order chi connectivity index (χ0) is 66.2. The molecule has 0 spiro atoms. The minimum absolute atomic E-state index is 0.0441. The minimum Gasteiger partial charge on any atom is -0.505 e. The van der Waals surface area contributed by atoms with Gasteiger partial charge in [0.15, 0.2) is 17.2 Å². The predicted octanol–water partition coefficient (Wildman–Crippen LogP) is 7.93. The van der Waals surface area contributed by atoms with Crippen LogP contribution in [-0.2, 0) is 61.2 Å². The standard InChI is InChI=1S/C44H29N13O23S5.O3S/c1-46-42-38(43(60)56(55-42)30-12-5-20(80-2)15-33(30)83(71,72)73)54-48-25-8-3-18(13-24(25)44(61)62)47-53-37-34(84(74,75)76)16-23-21(39(37)58)6-11-28(41(23)85(77,78)79)51-52-29-17-31(81(65,66)67)22-7-10-27(40(59)35(22)36(29)45)50-49-26-9-4-19(57(63)64)14-32(26)82(68,69)70;1-4(2)3/h3-17,58-60H,45H2,2H3,(H,61,62)(H,65,66,67)(H,68,69,70)(H,71,72,73)(H,74,75,76)(H,77,78,79);. The van der Waals surface area contributed by atoms with Gasteiger partial charge in [-0.25, -0.2) is 4.79 Å². The Morgan fingerprint density at radius 3 is 1.72 bits per heavy atom. The minimum atomic E-state index is -5.67. The molecule has 1 heterocycles. The molecule has 7 aromatic carbocycles. The van der Waals surface area contributed by atoms with Crippen molar-refractivity contribution in [2.24, 2.45) is 40.9 Å². The van der Waals surface area contributed by atoms with E-state index in [-0.39, 0.29) is 5.75 Å². The summed E-state index contributed by atoms with van der Waals surface area (Å²) in [6, 6.07) is 12.1. The predicted molar refractivity (Wildman–Crippen MR) is 296 cm³/mol. The third-order valence-corrected chi connectivity index (χ3v) is 16.0. The number of hydrogen-bond donors (Lipinski definition) is 10. The van der Waals surface area contributed by atoms with Gasteiger partial charge in [0.25, 0.3) is 56.3 Å². The van der Waals surface area contributed by atoms with E-state index in [4.69, 9.17) is 29.7 Å². The van der Waals surface area contributed by atoms with Gasteiger partial charge in [0.05, 0.1) is 34.4 Å². The van der Waals surface area contributed by atoms with Gasteiger partial charge in [-0.15, -0.1) is 42.9 Å². The molecule has 0 saturated carbocycles. The largest absolute Gasteiger partial charge is 0.505 e. The van der Waals surface area contributed by atoms with E-state index >= 15 is 0 Å². The first-order valence-electron chi connectivity index (χ1n) is 22.5. The number of azo groups is 4. The molecule has 89 heavy (non-hydrogen) atoms. The van der Waals surface area contributed by atoms with Crippen LogP contribution in [0.25, 0.3) is 32.1 Å². The molecule has 0 saturated heterocycles. The summed E-state index contributed by atoms with van der Waals surface area (Å²) in [6.45, 7) is 7.51. The van der Waals surface area contributed by atoms with Crippen LogP contribution in [0.1, 0.15) is 10.4 Å². The van der Waals surface area contributed by atoms with Gasteiger partial charge in [-0.3, -0.25) is 32.9 Å². The number of nitrogen functional groups attached to an aromatic ring is 1. The number of non-ortho nitro benzene ring substituents is 1. The van der Waals surface area contributed by atoms with E-state index in [1.54, 1.807) is 0 Å². The molecule has 462 valence electrons. The van der Waals surface area contributed by atoms with Gasteiger partial charge in [-0.1, -0.05) is 12.6 Å². The van der Waals surface area contributed by atoms with E-state index in [2.05, 4.69) is 50.9 Å². The lowest BCUT2D eigenvalue weighted by molar-refractivity contribution is -0.385. The number of hydrogen-bond acceptors (Lipinski definition) is 30. The Bertz CT molecular complexity index is 5300. The summed E-state index contributed by atoms with van der Waals surface area (Å²) >= 11 is 0. The van der Waals surface area contributed by atoms with Crippen LogP contribution in [0, 0.1) is 16.7 Å². The van der Waals surface area contributed by atoms with Crippen molar-refractivity contribution in [2.45, 2.75) is 24.5 Å². The molecule has 39 nitrogen and oxygen atoms in total. The number of carboxylic acids is 1. The molecule has 11 N–H and O–H groups in total. The fraction of sp³-hybridized carbons (Fsp3) is 0.0227. The normalized spacial score (nSPS) is 12.5. The maximum atomic E-state index is 13.1. The number of nitrogens with two attached hydrogens (primary N) is 1. The number of nitro benzene ring substituents is 1. The Hall–Kier alpha value is -10.8. The molecule has 0 fully saturated rings. The van der Waals surface area contributed by atoms with Crippen LogP contribution < -0.4 is 10.5 Å². The molecule has 0 aliphatic carbocycles. The summed E-state index contributed by atoms with van der Waals surface area (Å²) in [4.78, 5) is 20.0. The lowest BCUT2D eigenvalue weighted by Gasteiger charge is -2.13. The number of carbonyl (C=O) groups is 1. The zero-order valence-electron chi connectivity index (χ0n) is 43.0. The van der Waals surface area contributed by atoms with Crippen LogP contribution in [-0.4, -0.2) is 126 Å². The second kappa shape index (κ2) is 24.5. The number of fused-ring (bicyclic) bond motifs is 2. The molecule has 8 rings (SSSR count). The zero-order valence-corrected chi connectivity index (χ0v) is 47.9. The number of benzene rings is 7. The van der Waals surface area contributed by atoms with Crippen molar-refractivity contribution in [3.63, 3.8) is 0 Å². The summed E-state index contributed by atoms with van der Waals surface area (Å²) in [5, 5.41) is 85.6. The van der Waals surface area contributed by atoms with Gasteiger partial charge in [-0.05, 0) is 71.8 Å². The van der Waals surface area contributed by atoms with Gasteiger partial charge in [0, 0.05) is 34.4 Å². The Balaban J connectivity index is 0.00000274. The fourth-order valence-electron chi connectivity index (χ4n) is 7.77. The molecule has 45 heteroatoms. The van der Waals surface area contributed by atoms with Gasteiger partial charge in [0.2, 0.25) is 5.88 Å². The number of aromatic nitrogens is 2. The highest BCUT2D eigenvalue weighted by molar-refractivity contribution is 7.87. The summed E-state index contributed by atoms with van der Waals surface area (Å²) < 4.78 is 207. The molecule has 0 bridgehead atoms. The van der Waals surface area contributed by atoms with Gasteiger partial charge in [0.1, 0.15) is 70.0 Å². The molecular formula is C44H29N13O26S6. The van der Waals surface area contributed by atoms with Gasteiger partial charge in [-0.2, -0.15) is 57.4 Å². The van der Waals surface area contributed by atoms with Crippen molar-refractivity contribution in [3.8, 4) is 28.8 Å². The number of nitro groups is 1. The average molecular weight is 1350 g/mol. The molecule has 0 amide bonds. The molecule has 0 aliphatic heterocycles. The van der Waals surface area contributed by atoms with Crippen LogP contribution in [0.3, 0.4) is 0 Å². The summed E-state index contributed by atoms with van der Waals surface area (Å²) in [7, 11) is -28.7. The molecular weight excluding hydrogens is 1320 g/mol. The van der Waals surface area contributed by atoms with Crippen molar-refractivity contribution >= 4 is 151 Å². The van der Waals surface area contributed by atoms with Crippen molar-refractivity contribution in [3.05, 3.63) is 118 Å². The van der Waals surface area contributed by atoms with E-state index in [1.807, 2.05) is 0 Å². The third-order valence-electron chi connectivity index (χ3n) is 11.5. The highest BCUT2D eigenvalue weighted by Crippen LogP contribution is 2.49. The van der Waals surface area contributed by atoms with E-state index in [9.17, 15) is 100 Å². The van der Waals surface area contributed by atoms with E-state index < -0.39 is 209 Å². The van der Waals surface area contributed by atoms with E-state index in [0.29, 0.717) is 22.9 Å². The molecule has 0 aliphatic rings. The number of anilines is 1. The number of ether oxygens (including phenoxy) is 1. The number of aromatic carboxylic acids is 1. The summed E-state index contributed by atoms with van der Waals surface area (Å²) in [5.41, 5.74) is -2.39. The summed E-state index contributed by atoms with van der Waals surface area (Å²) in [5.74, 6) is -5.83. The summed E-state index contributed by atoms with van der Waals surface area (Å²) in [6.07, 6.45) is 0. The van der Waals surface area contributed by atoms with Crippen LogP contribution in [0.5, 0.6) is 23.1 Å². The Labute approximate surface area is 496 Å². The SMILES string of the molecule is O=S(=O)=O.[C-]#[N+]c1nn(-c2ccc(OC)cc2S(=O)(=O)O)c(O)c1N=Nc1ccc(N=Nc2c(S(=O)(=O)O)cc3c(S(=O)(=O)O)c(N=Nc4cc(S(=O)(=O)O)c5ccc(N=Nc6ccc([N+](=O)[O-])cc6S(=O)(=O)O)c(O)c5c4N)ccc3c2O)cc1C(=O)O. The Morgan fingerprint density at radius 2 is 1.15 bits per heavy atom. The average Bonchev–Trinajstić information content (AvgIpc) is 1.31. The lowest BCUT2D eigenvalue weighted by atomic mass is 10.1. The quantitative estimate of drug-likeness (QED) is 0.0103. The van der Waals surface area contributed by atoms with Crippen molar-refractivity contribution < 1.29 is 112 Å². The molecule has 8 aromatic rings. The van der Waals surface area contributed by atoms with E-state index in [0.717, 1.165) is 66.7 Å². The smallest absolute Gasteiger partial charge is 0.425 e. The van der Waals surface area contributed by atoms with Crippen molar-refractivity contribution in [1.82, 2.24) is 9.78 Å². The topological polar surface area (TPSA) is 621 Å². The number of aromatic hydroxyl groups is 3. The van der Waals surface area contributed by atoms with Crippen LogP contribution in [0.4, 0.5) is 62.7 Å². The lowest BCUT2D eigenvalue weighted by Crippen LogP contribution is -2.07. The molecule has 1 aromatic heterocycles. The van der Waals surface area contributed by atoms with E-state index in [1.165, 1.54) is 13.2 Å². The Kier molecular flexibility index (Phi) is 18.1. The number of phenolic OH excluding ortho intramolecular Hbond substituents is 2. The molecule has 0 atom stereocenters. The number of nitrogens with zero attached hydrogens (tertiary/aromatic N) is 12. The number of carboxylic acid groups (broad SMARTS) is 1. The first kappa shape index (κ1) is 65.7. The van der Waals surface area contributed by atoms with Gasteiger partial charge >= 0.3 is 22.4 Å². The highest BCUT2D eigenvalue weighted by atomic mass is 32.2. The maximum absolute atomic E-state index is 13.1. The first-order valence-corrected chi connectivity index (χ1v) is 30.7. The third kappa shape index (κ3) is 14.1. The second-order valence-corrected chi connectivity index (χ2v) is 24.2. The second-order valence-electron chi connectivity index (χ2n) is 16.9. The number of methoxy groups -OCH3 is 1. The maximum Gasteiger partial charge on any atom is 0.425 e. The van der Waals surface area contributed by atoms with Crippen molar-refractivity contribution in [2.75, 3.05) is 12.8 Å². The monoisotopic (exact) mass is 1350 g/mol. The molecule has 0 radical (unpaired) electrons. The number of rotatable bonds is 17. The van der Waals surface area contributed by atoms with Gasteiger partial charge < -0.3 is 35.7 Å². The number of phenols is 2. The fourth-order valence-corrected chi connectivity index (χ4v) is 11.3. The Morgan fingerprint density at radius 1 is 0.607 bits per heavy atom. The van der Waals surface area contributed by atoms with Crippen LogP contribution in [0.2, 0.25) is 0 Å².